The highest BCUT2D eigenvalue weighted by molar-refractivity contribution is 5.65. The molecule has 0 aromatic rings. The second-order valence-electron chi connectivity index (χ2n) is 3.96. The van der Waals surface area contributed by atoms with Crippen LogP contribution in [0.4, 0.5) is 57.1 Å². The maximum atomic E-state index is 13.2. The second kappa shape index (κ2) is 6.33. The van der Waals surface area contributed by atoms with Gasteiger partial charge in [-0.05, 0) is 0 Å². The highest BCUT2D eigenvalue weighted by Crippen LogP contribution is 2.56. The predicted molar refractivity (Wildman–Crippen MR) is 44.7 cm³/mol. The van der Waals surface area contributed by atoms with Gasteiger partial charge in [0.1, 0.15) is 0 Å². The van der Waals surface area contributed by atoms with Gasteiger partial charge in [-0.1, -0.05) is 4.89 Å². The SMILES string of the molecule is CC(=O)OOC(F)(F)C(F)(F)OC(F)(C(F)(F)F)C(F)(F)C(F)(F)F. The number of hydrogen-bond donors (Lipinski definition) is 0. The Morgan fingerprint density at radius 1 is 0.680 bits per heavy atom. The lowest BCUT2D eigenvalue weighted by Crippen LogP contribution is -2.67. The summed E-state index contributed by atoms with van der Waals surface area (Å²) in [6.45, 7) is 0.224. The first-order valence-electron chi connectivity index (χ1n) is 5.14. The van der Waals surface area contributed by atoms with Crippen molar-refractivity contribution in [1.29, 1.82) is 0 Å². The van der Waals surface area contributed by atoms with Crippen molar-refractivity contribution in [3.05, 3.63) is 0 Å². The van der Waals surface area contributed by atoms with E-state index < -0.39 is 42.3 Å². The van der Waals surface area contributed by atoms with Crippen molar-refractivity contribution >= 4 is 5.97 Å². The van der Waals surface area contributed by atoms with Gasteiger partial charge in [-0.3, -0.25) is 9.62 Å². The third-order valence-corrected chi connectivity index (χ3v) is 2.00. The number of rotatable bonds is 6. The van der Waals surface area contributed by atoms with Crippen LogP contribution in [0.3, 0.4) is 0 Å². The zero-order valence-electron chi connectivity index (χ0n) is 11.0. The first kappa shape index (κ1) is 23.5. The topological polar surface area (TPSA) is 44.8 Å². The molecule has 0 saturated heterocycles. The summed E-state index contributed by atoms with van der Waals surface area (Å²) in [6, 6.07) is 0. The molecular weight excluding hydrogens is 407 g/mol. The van der Waals surface area contributed by atoms with E-state index in [1.165, 1.54) is 4.74 Å². The standard InChI is InChI=1S/C8H3F13O4/c1-2(22)23-25-8(20,21)7(18,19)24-4(11,6(15,16)17)3(9,10)5(12,13)14/h1H3. The average Bonchev–Trinajstić information content (AvgIpc) is 2.32. The molecule has 1 unspecified atom stereocenters. The van der Waals surface area contributed by atoms with E-state index in [0.29, 0.717) is 0 Å². The van der Waals surface area contributed by atoms with Gasteiger partial charge in [-0.25, -0.2) is 4.79 Å². The minimum absolute atomic E-state index is 0.224. The van der Waals surface area contributed by atoms with E-state index >= 15 is 0 Å². The first-order chi connectivity index (χ1) is 10.6. The molecule has 0 heterocycles. The Kier molecular flexibility index (Phi) is 5.94. The van der Waals surface area contributed by atoms with Crippen LogP contribution in [0.1, 0.15) is 6.92 Å². The summed E-state index contributed by atoms with van der Waals surface area (Å²) in [5.41, 5.74) is 0. The lowest BCUT2D eigenvalue weighted by molar-refractivity contribution is -0.560. The van der Waals surface area contributed by atoms with Gasteiger partial charge in [-0.2, -0.15) is 57.1 Å². The van der Waals surface area contributed by atoms with E-state index in [0.717, 1.165) is 0 Å². The summed E-state index contributed by atoms with van der Waals surface area (Å²) in [4.78, 5) is 15.1. The summed E-state index contributed by atoms with van der Waals surface area (Å²) >= 11 is 0. The van der Waals surface area contributed by atoms with Crippen molar-refractivity contribution in [3.8, 4) is 0 Å². The molecule has 0 rings (SSSR count). The van der Waals surface area contributed by atoms with Crippen LogP contribution in [0.15, 0.2) is 0 Å². The summed E-state index contributed by atoms with van der Waals surface area (Å²) in [7, 11) is 0. The first-order valence-corrected chi connectivity index (χ1v) is 5.14. The number of carbonyl (C=O) groups excluding carboxylic acids is 1. The fraction of sp³-hybridized carbons (Fsp3) is 0.875. The Bertz CT molecular complexity index is 495. The van der Waals surface area contributed by atoms with Gasteiger partial charge in [0.05, 0.1) is 0 Å². The van der Waals surface area contributed by atoms with Crippen LogP contribution < -0.4 is 0 Å². The van der Waals surface area contributed by atoms with Gasteiger partial charge in [0.15, 0.2) is 0 Å². The van der Waals surface area contributed by atoms with Gasteiger partial charge in [0, 0.05) is 6.92 Å². The Morgan fingerprint density at radius 3 is 1.36 bits per heavy atom. The van der Waals surface area contributed by atoms with Crippen LogP contribution in [-0.4, -0.2) is 42.3 Å². The molecule has 0 saturated carbocycles. The number of halogens is 13. The van der Waals surface area contributed by atoms with E-state index in [1.54, 1.807) is 0 Å². The fourth-order valence-electron chi connectivity index (χ4n) is 0.878. The van der Waals surface area contributed by atoms with Crippen molar-refractivity contribution < 1.29 is 76.4 Å². The molecule has 0 fully saturated rings. The molecule has 0 N–H and O–H groups in total. The number of carbonyl (C=O) groups is 1. The zero-order chi connectivity index (χ0) is 20.7. The van der Waals surface area contributed by atoms with E-state index in [4.69, 9.17) is 0 Å². The fourth-order valence-corrected chi connectivity index (χ4v) is 0.878. The zero-order valence-corrected chi connectivity index (χ0v) is 11.0. The molecule has 0 radical (unpaired) electrons. The Morgan fingerprint density at radius 2 is 1.08 bits per heavy atom. The maximum Gasteiger partial charge on any atom is 0.483 e. The third-order valence-electron chi connectivity index (χ3n) is 2.00. The minimum atomic E-state index is -7.75. The molecule has 0 bridgehead atoms. The molecule has 0 aliphatic carbocycles. The molecule has 4 nitrogen and oxygen atoms in total. The lowest BCUT2D eigenvalue weighted by atomic mass is 10.1. The van der Waals surface area contributed by atoms with Gasteiger partial charge in [-0.15, -0.1) is 0 Å². The molecule has 0 amide bonds. The van der Waals surface area contributed by atoms with Crippen LogP contribution in [0.2, 0.25) is 0 Å². The van der Waals surface area contributed by atoms with Gasteiger partial charge in [0.25, 0.3) is 0 Å². The van der Waals surface area contributed by atoms with Crippen molar-refractivity contribution in [2.45, 2.75) is 43.3 Å². The van der Waals surface area contributed by atoms with Gasteiger partial charge < -0.3 is 0 Å². The summed E-state index contributed by atoms with van der Waals surface area (Å²) in [5, 5.41) is 0. The van der Waals surface area contributed by atoms with E-state index in [9.17, 15) is 61.9 Å². The predicted octanol–water partition coefficient (Wildman–Crippen LogP) is 4.11. The minimum Gasteiger partial charge on any atom is -0.292 e. The third kappa shape index (κ3) is 4.36. The average molecular weight is 410 g/mol. The van der Waals surface area contributed by atoms with Crippen molar-refractivity contribution in [2.75, 3.05) is 0 Å². The summed E-state index contributed by atoms with van der Waals surface area (Å²) in [5.74, 6) is -17.3. The molecule has 0 aromatic heterocycles. The van der Waals surface area contributed by atoms with Crippen molar-refractivity contribution in [1.82, 2.24) is 0 Å². The van der Waals surface area contributed by atoms with E-state index in [1.807, 2.05) is 0 Å². The van der Waals surface area contributed by atoms with Gasteiger partial charge in [0.2, 0.25) is 0 Å². The summed E-state index contributed by atoms with van der Waals surface area (Å²) in [6.07, 6.45) is -28.8. The quantitative estimate of drug-likeness (QED) is 0.376. The van der Waals surface area contributed by atoms with Crippen LogP contribution in [-0.2, 0) is 19.3 Å². The number of alkyl halides is 13. The molecule has 0 spiro atoms. The summed E-state index contributed by atoms with van der Waals surface area (Å²) < 4.78 is 163. The molecular formula is C8H3F13O4. The monoisotopic (exact) mass is 410 g/mol. The lowest BCUT2D eigenvalue weighted by Gasteiger charge is -2.38. The van der Waals surface area contributed by atoms with E-state index in [2.05, 4.69) is 9.78 Å². The van der Waals surface area contributed by atoms with Crippen LogP contribution in [0, 0.1) is 0 Å². The highest BCUT2D eigenvalue weighted by Gasteiger charge is 2.86. The van der Waals surface area contributed by atoms with Crippen molar-refractivity contribution in [2.24, 2.45) is 0 Å². The highest BCUT2D eigenvalue weighted by atomic mass is 19.4. The number of hydrogen-bond acceptors (Lipinski definition) is 4. The number of ether oxygens (including phenoxy) is 1. The Hall–Kier alpha value is -1.52. The maximum absolute atomic E-state index is 13.2. The van der Waals surface area contributed by atoms with Gasteiger partial charge >= 0.3 is 42.3 Å². The molecule has 0 aliphatic rings. The normalized spacial score (nSPS) is 17.2. The Labute approximate surface area is 127 Å². The molecule has 25 heavy (non-hydrogen) atoms. The van der Waals surface area contributed by atoms with Crippen LogP contribution in [0.25, 0.3) is 0 Å². The van der Waals surface area contributed by atoms with Crippen LogP contribution >= 0.6 is 0 Å². The van der Waals surface area contributed by atoms with Crippen LogP contribution in [0.5, 0.6) is 0 Å². The molecule has 1 atom stereocenters. The molecule has 0 aliphatic heterocycles. The molecule has 0 aromatic carbocycles. The van der Waals surface area contributed by atoms with E-state index in [-0.39, 0.29) is 6.92 Å². The molecule has 150 valence electrons. The second-order valence-corrected chi connectivity index (χ2v) is 3.96. The largest absolute Gasteiger partial charge is 0.483 e. The smallest absolute Gasteiger partial charge is 0.292 e. The van der Waals surface area contributed by atoms with Crippen molar-refractivity contribution in [3.63, 3.8) is 0 Å². The molecule has 17 heteroatoms. The Balaban J connectivity index is 6.02.